The highest BCUT2D eigenvalue weighted by atomic mass is 17.2. The molecule has 0 aliphatic heterocycles. The summed E-state index contributed by atoms with van der Waals surface area (Å²) < 4.78 is 63.9. The molecule has 0 spiro atoms. The van der Waals surface area contributed by atoms with E-state index < -0.39 is 125 Å². The summed E-state index contributed by atoms with van der Waals surface area (Å²) in [5.41, 5.74) is -2.58. The SMILES string of the molecule is C.C=CC(=O)OCCOC(=O)CCCCCOC(=O)CC.C=CC(=O)OCCOC(=O)CCCCCOC(=O)CC(=O)NC.C=CC(=O)OCCOC(=O)CCCCCOC(=O)CC(=O)NCCC.CC(=O)NCCNC(=O)CC(=O)OCCOc1ccc(C(=O)C(C)(C)O)cc1.CC(C)(O)C(=O)c1ccc(CCOOC(=O)CC(=O)NCCNC(=O)CC(=O)OCCOc2ccc(C(=O)C(C)(C)O)cc2)cc1. The fourth-order valence-corrected chi connectivity index (χ4v) is 10.1. The molecule has 0 aromatic heterocycles. The standard InChI is InChI=1S/C32H40N2O12.C19H26N2O7.C17H27NO7.C15H23NO7.C14H22O6.CH4/c1-31(2,41)29(39)22-7-5-21(6-8-22)13-16-45-46-28(38)20-26(36)34-15-14-33-25(35)19-27(37)44-18-17-43-24-11-9-23(10-12-24)30(40)32(3,4)42;1-13(22)20-8-9-21-16(23)12-17(24)28-11-10-27-15-6-4-14(5-7-15)18(25)19(2,3)26;1-3-9-18-14(19)13-17(22)23-10-7-5-6-8-16(21)25-12-11-24-15(20)4-2;1-3-13(18)22-9-10-23-14(19)7-5-4-6-8-21-15(20)11-12(17)16-2;1-3-12(15)18-9-7-5-6-8-14(17)20-11-10-19-13(16)4-2;/h5-12,41-42H,13-20H2,1-4H3,(H,33,35)(H,34,36);4-7,26H,8-12H2,1-3H3,(H,20,22)(H,21,23);4H,2-3,5-13H2,1H3,(H,18,19);3H,1,4-11H2,2H3,(H,16,17);4H,2-3,5-11H2,1H3;1H4. The first kappa shape index (κ1) is 133. The second-order valence-corrected chi connectivity index (χ2v) is 31.2. The first-order valence-electron chi connectivity index (χ1n) is 45.6. The van der Waals surface area contributed by atoms with Crippen LogP contribution in [0.2, 0.25) is 0 Å². The van der Waals surface area contributed by atoms with Gasteiger partial charge in [-0.2, -0.15) is 4.89 Å². The Bertz CT molecular complexity index is 4350. The van der Waals surface area contributed by atoms with Crippen molar-refractivity contribution in [1.82, 2.24) is 31.9 Å². The molecule has 6 amide bonds. The van der Waals surface area contributed by atoms with E-state index in [0.29, 0.717) is 106 Å². The molecule has 0 saturated carbocycles. The van der Waals surface area contributed by atoms with Crippen molar-refractivity contribution in [2.45, 2.75) is 215 Å². The number of aliphatic hydroxyl groups is 3. The Kier molecular flexibility index (Phi) is 74.8. The Morgan fingerprint density at radius 3 is 0.888 bits per heavy atom. The van der Waals surface area contributed by atoms with Gasteiger partial charge in [0, 0.05) is 107 Å². The van der Waals surface area contributed by atoms with Crippen LogP contribution in [0.1, 0.15) is 228 Å². The smallest absolute Gasteiger partial charge is 0.351 e. The van der Waals surface area contributed by atoms with Crippen LogP contribution >= 0.6 is 0 Å². The maximum absolute atomic E-state index is 12.0. The quantitative estimate of drug-likeness (QED) is 0.00482. The predicted octanol–water partition coefficient (Wildman–Crippen LogP) is 5.64. The zero-order chi connectivity index (χ0) is 107. The first-order chi connectivity index (χ1) is 67.2. The van der Waals surface area contributed by atoms with Gasteiger partial charge in [0.15, 0.2) is 17.3 Å². The molecule has 45 heteroatoms. The highest BCUT2D eigenvalue weighted by molar-refractivity contribution is 6.03. The molecule has 3 aromatic rings. The van der Waals surface area contributed by atoms with Crippen LogP contribution in [0, 0.1) is 0 Å². The molecule has 3 rings (SSSR count). The minimum absolute atomic E-state index is 0. The van der Waals surface area contributed by atoms with Crippen molar-refractivity contribution >= 4 is 124 Å². The second kappa shape index (κ2) is 80.5. The molecule has 0 bridgehead atoms. The summed E-state index contributed by atoms with van der Waals surface area (Å²) in [4.78, 5) is 248. The average Bonchev–Trinajstić information content (AvgIpc) is 0.856. The topological polar surface area (TPSA) is 630 Å². The third-order valence-corrected chi connectivity index (χ3v) is 17.4. The van der Waals surface area contributed by atoms with E-state index in [0.717, 1.165) is 43.1 Å². The molecular formula is C98H142N6O39. The number of esters is 11. The summed E-state index contributed by atoms with van der Waals surface area (Å²) in [7, 11) is 1.44. The first-order valence-corrected chi connectivity index (χ1v) is 45.6. The molecule has 0 saturated heterocycles. The lowest BCUT2D eigenvalue weighted by atomic mass is 9.96. The van der Waals surface area contributed by atoms with Crippen molar-refractivity contribution in [3.63, 3.8) is 0 Å². The minimum atomic E-state index is -1.49. The van der Waals surface area contributed by atoms with E-state index in [1.54, 1.807) is 55.5 Å². The van der Waals surface area contributed by atoms with Crippen LogP contribution in [0.3, 0.4) is 0 Å². The van der Waals surface area contributed by atoms with Gasteiger partial charge >= 0.3 is 71.6 Å². The summed E-state index contributed by atoms with van der Waals surface area (Å²) in [5.74, 6) is -9.53. The number of nitrogens with one attached hydrogen (secondary N) is 6. The molecule has 798 valence electrons. The van der Waals surface area contributed by atoms with Crippen molar-refractivity contribution in [2.24, 2.45) is 0 Å². The molecule has 0 aliphatic rings. The Hall–Kier alpha value is -14.2. The monoisotopic (exact) mass is 2030 g/mol. The molecule has 143 heavy (non-hydrogen) atoms. The van der Waals surface area contributed by atoms with Gasteiger partial charge in [-0.1, -0.05) is 65.3 Å². The lowest BCUT2D eigenvalue weighted by Crippen LogP contribution is -2.36. The van der Waals surface area contributed by atoms with Gasteiger partial charge in [-0.3, -0.25) is 86.4 Å². The number of hydrogen-bond acceptors (Lipinski definition) is 39. The number of carbonyl (C=O) groups excluding carboxylic acids is 21. The molecule has 0 aliphatic carbocycles. The zero-order valence-electron chi connectivity index (χ0n) is 82.4. The van der Waals surface area contributed by atoms with Gasteiger partial charge in [-0.25, -0.2) is 19.2 Å². The molecule has 0 heterocycles. The summed E-state index contributed by atoms with van der Waals surface area (Å²) in [6.07, 6.45) is 9.27. The number of rotatable bonds is 67. The normalized spacial score (nSPS) is 10.3. The number of carbonyl (C=O) groups is 21. The number of ether oxygens (including phenoxy) is 13. The Balaban J connectivity index is -0.00000178. The van der Waals surface area contributed by atoms with Gasteiger partial charge in [-0.15, -0.1) is 0 Å². The number of unbranched alkanes of at least 4 members (excludes halogenated alkanes) is 6. The van der Waals surface area contributed by atoms with Gasteiger partial charge < -0.3 is 109 Å². The third kappa shape index (κ3) is 76.3. The number of Topliss-reactive ketones (excluding diaryl/α,β-unsaturated/α-hetero) is 3. The van der Waals surface area contributed by atoms with Crippen LogP contribution in [0.4, 0.5) is 0 Å². The maximum Gasteiger partial charge on any atom is 0.351 e. The molecule has 45 nitrogen and oxygen atoms in total. The van der Waals surface area contributed by atoms with Crippen LogP contribution in [0.5, 0.6) is 11.5 Å². The zero-order valence-corrected chi connectivity index (χ0v) is 82.4. The lowest BCUT2D eigenvalue weighted by Gasteiger charge is -2.15. The largest absolute Gasteiger partial charge is 0.490 e. The van der Waals surface area contributed by atoms with Crippen LogP contribution in [-0.4, -0.2) is 289 Å². The van der Waals surface area contributed by atoms with Gasteiger partial charge in [0.05, 0.1) is 26.4 Å². The van der Waals surface area contributed by atoms with Crippen molar-refractivity contribution < 1.29 is 187 Å². The van der Waals surface area contributed by atoms with E-state index in [9.17, 15) is 116 Å². The molecule has 0 atom stereocenters. The number of amides is 6. The van der Waals surface area contributed by atoms with Gasteiger partial charge in [-0.05, 0) is 166 Å². The van der Waals surface area contributed by atoms with E-state index in [2.05, 4.69) is 70.7 Å². The molecule has 9 N–H and O–H groups in total. The van der Waals surface area contributed by atoms with Gasteiger partial charge in [0.25, 0.3) is 0 Å². The summed E-state index contributed by atoms with van der Waals surface area (Å²) in [6.45, 7) is 25.1. The van der Waals surface area contributed by atoms with E-state index in [-0.39, 0.29) is 181 Å². The van der Waals surface area contributed by atoms with Crippen molar-refractivity contribution in [1.29, 1.82) is 0 Å². The van der Waals surface area contributed by atoms with E-state index in [1.807, 2.05) is 6.92 Å². The molecular weight excluding hydrogens is 1890 g/mol. The number of ketones is 3. The number of benzene rings is 3. The van der Waals surface area contributed by atoms with Crippen LogP contribution in [0.15, 0.2) is 111 Å². The minimum Gasteiger partial charge on any atom is -0.490 e. The number of hydrogen-bond donors (Lipinski definition) is 9. The molecule has 3 aromatic carbocycles. The molecule has 0 radical (unpaired) electrons. The highest BCUT2D eigenvalue weighted by Crippen LogP contribution is 2.20. The fourth-order valence-electron chi connectivity index (χ4n) is 10.1. The Morgan fingerprint density at radius 1 is 0.315 bits per heavy atom. The summed E-state index contributed by atoms with van der Waals surface area (Å²) in [6, 6.07) is 18.8. The van der Waals surface area contributed by atoms with Gasteiger partial charge in [0.2, 0.25) is 35.4 Å². The van der Waals surface area contributed by atoms with Gasteiger partial charge in [0.1, 0.15) is 126 Å². The van der Waals surface area contributed by atoms with Crippen molar-refractivity contribution in [3.05, 3.63) is 133 Å². The van der Waals surface area contributed by atoms with E-state index in [1.165, 1.54) is 79.8 Å². The second-order valence-electron chi connectivity index (χ2n) is 31.2. The average molecular weight is 2030 g/mol. The third-order valence-electron chi connectivity index (χ3n) is 17.4. The molecule has 0 unspecified atom stereocenters. The van der Waals surface area contributed by atoms with E-state index >= 15 is 0 Å². The summed E-state index contributed by atoms with van der Waals surface area (Å²) >= 11 is 0. The lowest BCUT2D eigenvalue weighted by molar-refractivity contribution is -0.271. The van der Waals surface area contributed by atoms with Crippen molar-refractivity contribution in [3.8, 4) is 11.5 Å². The van der Waals surface area contributed by atoms with Crippen LogP contribution < -0.4 is 41.4 Å². The molecule has 0 fully saturated rings. The Labute approximate surface area is 831 Å². The van der Waals surface area contributed by atoms with Crippen molar-refractivity contribution in [2.75, 3.05) is 132 Å². The summed E-state index contributed by atoms with van der Waals surface area (Å²) in [5, 5.41) is 44.1. The maximum atomic E-state index is 12.0. The fraction of sp³-hybridized carbons (Fsp3) is 0.541. The predicted molar refractivity (Wildman–Crippen MR) is 510 cm³/mol. The highest BCUT2D eigenvalue weighted by Gasteiger charge is 2.28. The van der Waals surface area contributed by atoms with Crippen LogP contribution in [-0.2, 0) is 155 Å². The Morgan fingerprint density at radius 2 is 0.587 bits per heavy atom. The van der Waals surface area contributed by atoms with E-state index in [4.69, 9.17) is 52.3 Å². The van der Waals surface area contributed by atoms with Crippen LogP contribution in [0.25, 0.3) is 0 Å².